The minimum atomic E-state index is 0.700. The van der Waals surface area contributed by atoms with Gasteiger partial charge in [-0.15, -0.1) is 0 Å². The number of benzene rings is 1. The van der Waals surface area contributed by atoms with Gasteiger partial charge in [-0.1, -0.05) is 76.8 Å². The van der Waals surface area contributed by atoms with Gasteiger partial charge in [-0.2, -0.15) is 0 Å². The molecule has 1 atom stereocenters. The molecule has 0 heteroatoms. The molecule has 1 aromatic rings. The summed E-state index contributed by atoms with van der Waals surface area (Å²) in [5.41, 5.74) is 1.53. The van der Waals surface area contributed by atoms with Gasteiger partial charge in [0.25, 0.3) is 0 Å². The van der Waals surface area contributed by atoms with Gasteiger partial charge < -0.3 is 0 Å². The highest BCUT2D eigenvalue weighted by Crippen LogP contribution is 2.37. The van der Waals surface area contributed by atoms with E-state index in [1.165, 1.54) is 50.5 Å². The van der Waals surface area contributed by atoms with Gasteiger partial charge in [-0.25, -0.2) is 0 Å². The molecular weight excluding hydrogens is 216 g/mol. The van der Waals surface area contributed by atoms with E-state index in [0.717, 1.165) is 0 Å². The summed E-state index contributed by atoms with van der Waals surface area (Å²) in [6, 6.07) is 11.1. The van der Waals surface area contributed by atoms with Crippen molar-refractivity contribution in [2.45, 2.75) is 71.6 Å². The summed E-state index contributed by atoms with van der Waals surface area (Å²) in [6.45, 7) is 6.90. The molecule has 0 fully saturated rings. The van der Waals surface area contributed by atoms with E-state index < -0.39 is 0 Å². The van der Waals surface area contributed by atoms with Crippen molar-refractivity contribution >= 4 is 0 Å². The molecule has 1 rings (SSSR count). The first kappa shape index (κ1) is 15.3. The van der Waals surface area contributed by atoms with Crippen LogP contribution in [0.5, 0.6) is 0 Å². The van der Waals surface area contributed by atoms with Gasteiger partial charge in [0, 0.05) is 0 Å². The van der Waals surface area contributed by atoms with Crippen LogP contribution >= 0.6 is 0 Å². The third kappa shape index (κ3) is 4.84. The van der Waals surface area contributed by atoms with Gasteiger partial charge in [-0.05, 0) is 36.7 Å². The fourth-order valence-electron chi connectivity index (χ4n) is 2.82. The lowest BCUT2D eigenvalue weighted by atomic mass is 9.78. The smallest absolute Gasteiger partial charge is 0.00998 e. The van der Waals surface area contributed by atoms with Crippen molar-refractivity contribution in [3.63, 3.8) is 0 Å². The summed E-state index contributed by atoms with van der Waals surface area (Å²) in [4.78, 5) is 0. The molecule has 0 aromatic heterocycles. The molecule has 0 nitrogen and oxygen atoms in total. The van der Waals surface area contributed by atoms with E-state index in [4.69, 9.17) is 0 Å². The first-order chi connectivity index (χ1) is 8.83. The zero-order valence-electron chi connectivity index (χ0n) is 12.4. The van der Waals surface area contributed by atoms with Crippen molar-refractivity contribution in [3.8, 4) is 0 Å². The van der Waals surface area contributed by atoms with Gasteiger partial charge in [0.15, 0.2) is 0 Å². The number of hydrogen-bond donors (Lipinski definition) is 0. The van der Waals surface area contributed by atoms with E-state index in [2.05, 4.69) is 51.1 Å². The fourth-order valence-corrected chi connectivity index (χ4v) is 2.82. The topological polar surface area (TPSA) is 0 Å². The molecule has 1 unspecified atom stereocenters. The average molecular weight is 245 g/mol. The van der Waals surface area contributed by atoms with Crippen LogP contribution in [0.25, 0.3) is 0 Å². The molecule has 101 valence electrons. The summed E-state index contributed by atoms with van der Waals surface area (Å²) < 4.78 is 0. The summed E-state index contributed by atoms with van der Waals surface area (Å²) in [6.07, 6.45) is 9.14. The highest BCUT2D eigenvalue weighted by atomic mass is 14.3. The molecular formula is C18H29. The van der Waals surface area contributed by atoms with Crippen molar-refractivity contribution in [1.29, 1.82) is 0 Å². The predicted octanol–water partition coefficient (Wildman–Crippen LogP) is 6.14. The lowest BCUT2D eigenvalue weighted by molar-refractivity contribution is 0.520. The Kier molecular flexibility index (Phi) is 7.80. The Labute approximate surface area is 114 Å². The highest BCUT2D eigenvalue weighted by Gasteiger charge is 2.21. The van der Waals surface area contributed by atoms with Crippen LogP contribution in [0.4, 0.5) is 0 Å². The van der Waals surface area contributed by atoms with E-state index in [9.17, 15) is 0 Å². The van der Waals surface area contributed by atoms with Crippen molar-refractivity contribution < 1.29 is 0 Å². The molecule has 18 heavy (non-hydrogen) atoms. The fraction of sp³-hybridized carbons (Fsp3) is 0.611. The van der Waals surface area contributed by atoms with Crippen LogP contribution in [0.2, 0.25) is 0 Å². The number of unbranched alkanes of at least 4 members (excludes halogenated alkanes) is 1. The van der Waals surface area contributed by atoms with Gasteiger partial charge in [0.2, 0.25) is 0 Å². The lowest BCUT2D eigenvalue weighted by Gasteiger charge is -2.27. The first-order valence-electron chi connectivity index (χ1n) is 7.72. The quantitative estimate of drug-likeness (QED) is 0.490. The second-order valence-corrected chi connectivity index (χ2v) is 5.26. The Morgan fingerprint density at radius 1 is 0.889 bits per heavy atom. The van der Waals surface area contributed by atoms with Crippen molar-refractivity contribution in [3.05, 3.63) is 41.8 Å². The monoisotopic (exact) mass is 245 g/mol. The highest BCUT2D eigenvalue weighted by molar-refractivity contribution is 5.25. The van der Waals surface area contributed by atoms with Gasteiger partial charge >= 0.3 is 0 Å². The molecule has 0 aliphatic rings. The Balaban J connectivity index is 2.80. The molecule has 0 saturated heterocycles. The van der Waals surface area contributed by atoms with Crippen LogP contribution in [0.3, 0.4) is 0 Å². The standard InChI is InChI=1S/C18H29/c1-4-7-15-18(16(11-5-2)12-6-3)17-13-9-8-10-14-17/h8-10,13-14,18H,4-7,11-12,15H2,1-3H3. The summed E-state index contributed by atoms with van der Waals surface area (Å²) in [5.74, 6) is 2.48. The third-order valence-corrected chi connectivity index (χ3v) is 3.68. The molecule has 0 aliphatic heterocycles. The average Bonchev–Trinajstić information content (AvgIpc) is 2.41. The van der Waals surface area contributed by atoms with Crippen molar-refractivity contribution in [2.75, 3.05) is 0 Å². The minimum absolute atomic E-state index is 0.700. The van der Waals surface area contributed by atoms with E-state index in [-0.39, 0.29) is 0 Å². The van der Waals surface area contributed by atoms with E-state index in [1.54, 1.807) is 5.92 Å². The Morgan fingerprint density at radius 2 is 1.50 bits per heavy atom. The van der Waals surface area contributed by atoms with Crippen molar-refractivity contribution in [2.24, 2.45) is 0 Å². The largest absolute Gasteiger partial charge is 0.0654 e. The Morgan fingerprint density at radius 3 is 2.00 bits per heavy atom. The second-order valence-electron chi connectivity index (χ2n) is 5.26. The molecule has 1 aromatic carbocycles. The molecule has 0 aliphatic carbocycles. The number of rotatable bonds is 9. The van der Waals surface area contributed by atoms with Crippen LogP contribution in [-0.2, 0) is 0 Å². The van der Waals surface area contributed by atoms with Crippen LogP contribution < -0.4 is 0 Å². The second kappa shape index (κ2) is 9.19. The Hall–Kier alpha value is -0.780. The van der Waals surface area contributed by atoms with Gasteiger partial charge in [0.1, 0.15) is 0 Å². The first-order valence-corrected chi connectivity index (χ1v) is 7.72. The molecule has 0 saturated carbocycles. The summed E-state index contributed by atoms with van der Waals surface area (Å²) in [5, 5.41) is 0. The van der Waals surface area contributed by atoms with Gasteiger partial charge in [0.05, 0.1) is 0 Å². The normalized spacial score (nSPS) is 12.9. The van der Waals surface area contributed by atoms with Crippen LogP contribution in [0.15, 0.2) is 30.3 Å². The maximum absolute atomic E-state index is 2.31. The molecule has 0 amide bonds. The van der Waals surface area contributed by atoms with Crippen LogP contribution in [-0.4, -0.2) is 0 Å². The molecule has 0 spiro atoms. The van der Waals surface area contributed by atoms with Crippen LogP contribution in [0.1, 0.15) is 77.2 Å². The third-order valence-electron chi connectivity index (χ3n) is 3.68. The lowest BCUT2D eigenvalue weighted by Crippen LogP contribution is -2.11. The predicted molar refractivity (Wildman–Crippen MR) is 81.8 cm³/mol. The SMILES string of the molecule is CCCCC([C](CCC)CCC)c1ccccc1. The van der Waals surface area contributed by atoms with Crippen LogP contribution in [0, 0.1) is 5.92 Å². The molecule has 0 heterocycles. The Bertz CT molecular complexity index is 282. The minimum Gasteiger partial charge on any atom is -0.0654 e. The maximum atomic E-state index is 2.31. The van der Waals surface area contributed by atoms with E-state index in [0.29, 0.717) is 5.92 Å². The van der Waals surface area contributed by atoms with E-state index >= 15 is 0 Å². The van der Waals surface area contributed by atoms with Gasteiger partial charge in [-0.3, -0.25) is 0 Å². The van der Waals surface area contributed by atoms with Crippen molar-refractivity contribution in [1.82, 2.24) is 0 Å². The summed E-state index contributed by atoms with van der Waals surface area (Å²) in [7, 11) is 0. The zero-order valence-corrected chi connectivity index (χ0v) is 12.4. The molecule has 0 N–H and O–H groups in total. The molecule has 0 bridgehead atoms. The molecule has 1 radical (unpaired) electrons. The van der Waals surface area contributed by atoms with E-state index in [1.807, 2.05) is 0 Å². The zero-order chi connectivity index (χ0) is 13.2. The summed E-state index contributed by atoms with van der Waals surface area (Å²) >= 11 is 0. The maximum Gasteiger partial charge on any atom is -0.00998 e. The number of hydrogen-bond acceptors (Lipinski definition) is 0.